The quantitative estimate of drug-likeness (QED) is 0.408. The zero-order chi connectivity index (χ0) is 28.1. The number of ether oxygens (including phenoxy) is 3. The normalized spacial score (nSPS) is 20.2. The number of aryl methyl sites for hydroxylation is 1. The molecule has 0 unspecified atom stereocenters. The van der Waals surface area contributed by atoms with E-state index in [1.165, 1.54) is 12.0 Å². The van der Waals surface area contributed by atoms with Gasteiger partial charge in [-0.25, -0.2) is 4.79 Å². The monoisotopic (exact) mass is 543 g/mol. The van der Waals surface area contributed by atoms with Gasteiger partial charge >= 0.3 is 6.09 Å². The summed E-state index contributed by atoms with van der Waals surface area (Å²) in [4.78, 5) is 40.8. The summed E-state index contributed by atoms with van der Waals surface area (Å²) in [5.74, 6) is -0.139. The van der Waals surface area contributed by atoms with E-state index in [2.05, 4.69) is 10.6 Å². The van der Waals surface area contributed by atoms with E-state index >= 15 is 0 Å². The van der Waals surface area contributed by atoms with Crippen LogP contribution in [0, 0.1) is 6.92 Å². The number of para-hydroxylation sites is 1. The summed E-state index contributed by atoms with van der Waals surface area (Å²) in [6.07, 6.45) is 0.446. The van der Waals surface area contributed by atoms with E-state index < -0.39 is 18.2 Å². The van der Waals surface area contributed by atoms with Crippen molar-refractivity contribution in [3.05, 3.63) is 95.1 Å². The number of hydrogen-bond acceptors (Lipinski definition) is 6. The summed E-state index contributed by atoms with van der Waals surface area (Å²) in [6.45, 7) is 3.30. The number of benzene rings is 3. The summed E-state index contributed by atoms with van der Waals surface area (Å²) < 4.78 is 16.7. The molecule has 0 aromatic heterocycles. The number of methoxy groups -OCH3 is 1. The van der Waals surface area contributed by atoms with Gasteiger partial charge in [0, 0.05) is 18.8 Å². The maximum Gasteiger partial charge on any atom is 0.411 e. The number of cyclic esters (lactones) is 1. The molecule has 2 aliphatic rings. The highest BCUT2D eigenvalue weighted by Crippen LogP contribution is 2.35. The van der Waals surface area contributed by atoms with Gasteiger partial charge in [0.1, 0.15) is 5.75 Å². The fourth-order valence-corrected chi connectivity index (χ4v) is 5.01. The molecule has 5 rings (SSSR count). The molecule has 2 fully saturated rings. The zero-order valence-electron chi connectivity index (χ0n) is 22.6. The van der Waals surface area contributed by atoms with Crippen molar-refractivity contribution in [2.45, 2.75) is 44.6 Å². The number of nitrogens with one attached hydrogen (secondary N) is 2. The number of hydrogen-bond donors (Lipinski definition) is 2. The van der Waals surface area contributed by atoms with Crippen molar-refractivity contribution in [3.8, 4) is 5.75 Å². The van der Waals surface area contributed by atoms with E-state index in [1.807, 2.05) is 31.2 Å². The van der Waals surface area contributed by atoms with Gasteiger partial charge in [0.2, 0.25) is 5.91 Å². The summed E-state index contributed by atoms with van der Waals surface area (Å²) in [6, 6.07) is 20.9. The number of anilines is 1. The van der Waals surface area contributed by atoms with Gasteiger partial charge in [-0.3, -0.25) is 14.5 Å². The number of carbonyl (C=O) groups is 3. The molecule has 2 heterocycles. The van der Waals surface area contributed by atoms with Gasteiger partial charge in [-0.2, -0.15) is 0 Å². The van der Waals surface area contributed by atoms with Gasteiger partial charge in [-0.15, -0.1) is 0 Å². The van der Waals surface area contributed by atoms with E-state index in [0.29, 0.717) is 35.7 Å². The first-order valence-corrected chi connectivity index (χ1v) is 13.4. The molecule has 3 atom stereocenters. The second-order valence-corrected chi connectivity index (χ2v) is 10.0. The third kappa shape index (κ3) is 6.10. The fraction of sp³-hybridized carbons (Fsp3) is 0.323. The highest BCUT2D eigenvalue weighted by atomic mass is 16.6. The molecular formula is C31H33N3O6. The van der Waals surface area contributed by atoms with Gasteiger partial charge in [-0.05, 0) is 55.2 Å². The summed E-state index contributed by atoms with van der Waals surface area (Å²) in [5.41, 5.74) is 3.62. The van der Waals surface area contributed by atoms with Crippen LogP contribution >= 0.6 is 0 Å². The molecule has 0 radical (unpaired) electrons. The van der Waals surface area contributed by atoms with Gasteiger partial charge in [0.25, 0.3) is 5.91 Å². The molecule has 40 heavy (non-hydrogen) atoms. The fourth-order valence-electron chi connectivity index (χ4n) is 5.01. The minimum Gasteiger partial charge on any atom is -0.496 e. The Bertz CT molecular complexity index is 1350. The Hall–Kier alpha value is -4.37. The molecule has 9 heteroatoms. The Morgan fingerprint density at radius 2 is 1.77 bits per heavy atom. The van der Waals surface area contributed by atoms with Crippen LogP contribution in [-0.4, -0.2) is 55.2 Å². The van der Waals surface area contributed by atoms with Crippen LogP contribution in [0.4, 0.5) is 10.5 Å². The molecule has 0 bridgehead atoms. The molecule has 2 N–H and O–H groups in total. The van der Waals surface area contributed by atoms with Crippen molar-refractivity contribution in [1.29, 1.82) is 0 Å². The van der Waals surface area contributed by atoms with Crippen LogP contribution in [-0.2, 0) is 20.8 Å². The molecule has 2 aliphatic heterocycles. The number of rotatable bonds is 9. The van der Waals surface area contributed by atoms with Crippen LogP contribution < -0.4 is 15.4 Å². The maximum atomic E-state index is 13.5. The van der Waals surface area contributed by atoms with Crippen molar-refractivity contribution in [2.24, 2.45) is 0 Å². The maximum absolute atomic E-state index is 13.5. The van der Waals surface area contributed by atoms with Crippen molar-refractivity contribution in [1.82, 2.24) is 10.2 Å². The zero-order valence-corrected chi connectivity index (χ0v) is 22.6. The highest BCUT2D eigenvalue weighted by molar-refractivity contribution is 6.06. The summed E-state index contributed by atoms with van der Waals surface area (Å²) >= 11 is 0. The molecule has 3 aromatic rings. The minimum atomic E-state index is -0.871. The molecule has 3 amide bonds. The molecule has 0 aliphatic carbocycles. The first kappa shape index (κ1) is 27.2. The minimum absolute atomic E-state index is 0.0305. The smallest absolute Gasteiger partial charge is 0.411 e. The summed E-state index contributed by atoms with van der Waals surface area (Å²) in [7, 11) is 1.51. The molecule has 3 aromatic carbocycles. The van der Waals surface area contributed by atoms with Crippen LogP contribution in [0.25, 0.3) is 0 Å². The van der Waals surface area contributed by atoms with Gasteiger partial charge in [0.05, 0.1) is 25.3 Å². The Labute approximate surface area is 233 Å². The lowest BCUT2D eigenvalue weighted by molar-refractivity contribution is -0.126. The van der Waals surface area contributed by atoms with E-state index in [-0.39, 0.29) is 24.5 Å². The van der Waals surface area contributed by atoms with E-state index in [0.717, 1.165) is 24.0 Å². The Morgan fingerprint density at radius 1 is 1.02 bits per heavy atom. The lowest BCUT2D eigenvalue weighted by Gasteiger charge is -2.25. The SMILES string of the molecule is COc1ccccc1C(=O)Nc1ccc([C@@H]2OC(=O)N(Cc3ccc(C)cc3)[C@H]2C(=O)NC[C@H]2CCCO2)cc1. The molecule has 0 spiro atoms. The Morgan fingerprint density at radius 3 is 2.48 bits per heavy atom. The molecule has 9 nitrogen and oxygen atoms in total. The molecule has 208 valence electrons. The topological polar surface area (TPSA) is 106 Å². The van der Waals surface area contributed by atoms with E-state index in [9.17, 15) is 14.4 Å². The van der Waals surface area contributed by atoms with E-state index in [4.69, 9.17) is 14.2 Å². The lowest BCUT2D eigenvalue weighted by Crippen LogP contribution is -2.47. The van der Waals surface area contributed by atoms with Gasteiger partial charge < -0.3 is 24.8 Å². The lowest BCUT2D eigenvalue weighted by atomic mass is 10.00. The molecular weight excluding hydrogens is 510 g/mol. The van der Waals surface area contributed by atoms with Crippen LogP contribution in [0.1, 0.15) is 46.0 Å². The standard InChI is InChI=1S/C31H33N3O6/c1-20-9-11-21(12-10-20)19-34-27(30(36)32-18-24-6-5-17-39-24)28(40-31(34)37)22-13-15-23(16-14-22)33-29(35)25-7-3-4-8-26(25)38-2/h3-4,7-16,24,27-28H,5-6,17-19H2,1-2H3,(H,32,36)(H,33,35)/t24-,27-,28+/m1/s1. The first-order chi connectivity index (χ1) is 19.4. The number of amides is 3. The Kier molecular flexibility index (Phi) is 8.31. The third-order valence-electron chi connectivity index (χ3n) is 7.20. The van der Waals surface area contributed by atoms with Crippen molar-refractivity contribution >= 4 is 23.6 Å². The number of carbonyl (C=O) groups excluding carboxylic acids is 3. The predicted octanol–water partition coefficient (Wildman–Crippen LogP) is 4.61. The highest BCUT2D eigenvalue weighted by Gasteiger charge is 2.47. The first-order valence-electron chi connectivity index (χ1n) is 13.4. The third-order valence-corrected chi connectivity index (χ3v) is 7.20. The predicted molar refractivity (Wildman–Crippen MR) is 149 cm³/mol. The molecule has 2 saturated heterocycles. The molecule has 0 saturated carbocycles. The largest absolute Gasteiger partial charge is 0.496 e. The summed E-state index contributed by atoms with van der Waals surface area (Å²) in [5, 5.41) is 5.83. The van der Waals surface area contributed by atoms with Crippen molar-refractivity contribution in [3.63, 3.8) is 0 Å². The number of nitrogens with zero attached hydrogens (tertiary/aromatic N) is 1. The average Bonchev–Trinajstić information content (AvgIpc) is 3.61. The average molecular weight is 544 g/mol. The van der Waals surface area contributed by atoms with Crippen molar-refractivity contribution in [2.75, 3.05) is 25.6 Å². The van der Waals surface area contributed by atoms with E-state index in [1.54, 1.807) is 48.5 Å². The van der Waals surface area contributed by atoms with Crippen LogP contribution in [0.2, 0.25) is 0 Å². The second kappa shape index (κ2) is 12.2. The van der Waals surface area contributed by atoms with Crippen LogP contribution in [0.5, 0.6) is 5.75 Å². The van der Waals surface area contributed by atoms with Gasteiger partial charge in [-0.1, -0.05) is 54.1 Å². The van der Waals surface area contributed by atoms with Crippen LogP contribution in [0.3, 0.4) is 0 Å². The Balaban J connectivity index is 1.34. The van der Waals surface area contributed by atoms with Crippen molar-refractivity contribution < 1.29 is 28.6 Å². The van der Waals surface area contributed by atoms with Crippen LogP contribution in [0.15, 0.2) is 72.8 Å². The van der Waals surface area contributed by atoms with Gasteiger partial charge in [0.15, 0.2) is 12.1 Å². The second-order valence-electron chi connectivity index (χ2n) is 10.0.